The van der Waals surface area contributed by atoms with Gasteiger partial charge in [0.15, 0.2) is 0 Å². The summed E-state index contributed by atoms with van der Waals surface area (Å²) >= 11 is 0. The van der Waals surface area contributed by atoms with Gasteiger partial charge in [0, 0.05) is 23.5 Å². The number of hydrogen-bond donors (Lipinski definition) is 2. The lowest BCUT2D eigenvalue weighted by Gasteiger charge is -2.13. The van der Waals surface area contributed by atoms with Gasteiger partial charge in [-0.3, -0.25) is 4.79 Å². The normalized spacial score (nSPS) is 11.6. The van der Waals surface area contributed by atoms with Gasteiger partial charge in [0.05, 0.1) is 11.7 Å². The summed E-state index contributed by atoms with van der Waals surface area (Å²) in [7, 11) is 0. The number of nitrogens with one attached hydrogen (secondary N) is 1. The van der Waals surface area contributed by atoms with Crippen molar-refractivity contribution < 1.29 is 19.4 Å². The number of aromatic carboxylic acids is 1. The average molecular weight is 328 g/mol. The van der Waals surface area contributed by atoms with Gasteiger partial charge in [-0.1, -0.05) is 13.0 Å². The van der Waals surface area contributed by atoms with E-state index in [-0.39, 0.29) is 17.6 Å². The second-order valence-corrected chi connectivity index (χ2v) is 5.51. The molecule has 6 nitrogen and oxygen atoms in total. The van der Waals surface area contributed by atoms with Crippen LogP contribution in [0.25, 0.3) is 0 Å². The molecule has 2 N–H and O–H groups in total. The van der Waals surface area contributed by atoms with Gasteiger partial charge in [-0.05, 0) is 44.0 Å². The van der Waals surface area contributed by atoms with Crippen LogP contribution in [-0.2, 0) is 0 Å². The number of benzene rings is 1. The zero-order valence-electron chi connectivity index (χ0n) is 13.9. The van der Waals surface area contributed by atoms with Crippen LogP contribution in [0.5, 0.6) is 5.88 Å². The molecule has 24 heavy (non-hydrogen) atoms. The zero-order chi connectivity index (χ0) is 17.7. The highest BCUT2D eigenvalue weighted by atomic mass is 16.5. The zero-order valence-corrected chi connectivity index (χ0v) is 13.9. The molecule has 0 aliphatic carbocycles. The van der Waals surface area contributed by atoms with Crippen molar-refractivity contribution in [2.24, 2.45) is 0 Å². The minimum Gasteiger partial charge on any atom is -0.478 e. The van der Waals surface area contributed by atoms with Gasteiger partial charge in [-0.25, -0.2) is 9.78 Å². The molecule has 6 heteroatoms. The molecule has 126 valence electrons. The van der Waals surface area contributed by atoms with Crippen LogP contribution in [0.15, 0.2) is 36.5 Å². The first-order valence-corrected chi connectivity index (χ1v) is 7.68. The molecule has 0 radical (unpaired) electrons. The summed E-state index contributed by atoms with van der Waals surface area (Å²) in [5, 5.41) is 11.8. The molecule has 1 amide bonds. The van der Waals surface area contributed by atoms with E-state index in [2.05, 4.69) is 10.3 Å². The molecule has 0 spiro atoms. The lowest BCUT2D eigenvalue weighted by Crippen LogP contribution is -2.15. The number of carboxylic acid groups (broad SMARTS) is 1. The van der Waals surface area contributed by atoms with Gasteiger partial charge in [-0.15, -0.1) is 0 Å². The highest BCUT2D eigenvalue weighted by Crippen LogP contribution is 2.19. The topological polar surface area (TPSA) is 88.5 Å². The maximum Gasteiger partial charge on any atom is 0.335 e. The first-order chi connectivity index (χ1) is 11.4. The quantitative estimate of drug-likeness (QED) is 0.847. The minimum absolute atomic E-state index is 0.00491. The molecule has 1 aromatic heterocycles. The summed E-state index contributed by atoms with van der Waals surface area (Å²) in [5.41, 5.74) is 1.74. The molecule has 2 aromatic rings. The van der Waals surface area contributed by atoms with Gasteiger partial charge in [0.1, 0.15) is 0 Å². The van der Waals surface area contributed by atoms with E-state index in [9.17, 15) is 9.59 Å². The highest BCUT2D eigenvalue weighted by molar-refractivity contribution is 6.05. The minimum atomic E-state index is -1.04. The monoisotopic (exact) mass is 328 g/mol. The standard InChI is InChI=1S/C18H20N2O4/c1-4-12(3)24-16-10-13(7-8-19-16)17(21)20-15-9-14(18(22)23)6-5-11(15)2/h5-10,12H,4H2,1-3H3,(H,20,21)(H,22,23). The SMILES string of the molecule is CCC(C)Oc1cc(C(=O)Nc2cc(C(=O)O)ccc2C)ccn1. The van der Waals surface area contributed by atoms with Crippen LogP contribution >= 0.6 is 0 Å². The molecule has 1 unspecified atom stereocenters. The molecule has 0 saturated heterocycles. The lowest BCUT2D eigenvalue weighted by atomic mass is 10.1. The fourth-order valence-corrected chi connectivity index (χ4v) is 1.99. The van der Waals surface area contributed by atoms with E-state index in [0.717, 1.165) is 12.0 Å². The Morgan fingerprint density at radius 3 is 2.67 bits per heavy atom. The van der Waals surface area contributed by atoms with Gasteiger partial charge >= 0.3 is 5.97 Å². The van der Waals surface area contributed by atoms with E-state index in [1.807, 2.05) is 13.8 Å². The number of amides is 1. The lowest BCUT2D eigenvalue weighted by molar-refractivity contribution is 0.0696. The van der Waals surface area contributed by atoms with Crippen molar-refractivity contribution in [3.8, 4) is 5.88 Å². The maximum absolute atomic E-state index is 12.4. The van der Waals surface area contributed by atoms with Gasteiger partial charge in [0.2, 0.25) is 5.88 Å². The molecule has 0 aliphatic heterocycles. The molecule has 0 saturated carbocycles. The molecule has 0 fully saturated rings. The van der Waals surface area contributed by atoms with E-state index < -0.39 is 5.97 Å². The Labute approximate surface area is 140 Å². The molecular formula is C18H20N2O4. The highest BCUT2D eigenvalue weighted by Gasteiger charge is 2.12. The van der Waals surface area contributed by atoms with Gasteiger partial charge in [0.25, 0.3) is 5.91 Å². The smallest absolute Gasteiger partial charge is 0.335 e. The number of nitrogens with zero attached hydrogens (tertiary/aromatic N) is 1. The number of pyridine rings is 1. The number of aromatic nitrogens is 1. The van der Waals surface area contributed by atoms with Crippen molar-refractivity contribution in [2.75, 3.05) is 5.32 Å². The van der Waals surface area contributed by atoms with Crippen molar-refractivity contribution >= 4 is 17.6 Å². The van der Waals surface area contributed by atoms with Crippen molar-refractivity contribution in [1.29, 1.82) is 0 Å². The van der Waals surface area contributed by atoms with E-state index in [0.29, 0.717) is 17.1 Å². The first kappa shape index (κ1) is 17.5. The van der Waals surface area contributed by atoms with Crippen LogP contribution in [0.1, 0.15) is 46.5 Å². The van der Waals surface area contributed by atoms with E-state index in [4.69, 9.17) is 9.84 Å². The molecular weight excluding hydrogens is 308 g/mol. The number of anilines is 1. The number of carbonyl (C=O) groups excluding carboxylic acids is 1. The first-order valence-electron chi connectivity index (χ1n) is 7.68. The summed E-state index contributed by atoms with van der Waals surface area (Å²) in [4.78, 5) is 27.6. The van der Waals surface area contributed by atoms with Crippen LogP contribution in [0.3, 0.4) is 0 Å². The molecule has 0 aliphatic rings. The third-order valence-corrected chi connectivity index (χ3v) is 3.63. The second kappa shape index (κ2) is 7.59. The van der Waals surface area contributed by atoms with Crippen molar-refractivity contribution in [2.45, 2.75) is 33.3 Å². The number of ether oxygens (including phenoxy) is 1. The fraction of sp³-hybridized carbons (Fsp3) is 0.278. The Hall–Kier alpha value is -2.89. The van der Waals surface area contributed by atoms with Gasteiger partial charge < -0.3 is 15.2 Å². The van der Waals surface area contributed by atoms with Crippen molar-refractivity contribution in [1.82, 2.24) is 4.98 Å². The predicted octanol–water partition coefficient (Wildman–Crippen LogP) is 3.52. The Morgan fingerprint density at radius 2 is 2.00 bits per heavy atom. The number of carbonyl (C=O) groups is 2. The Balaban J connectivity index is 2.19. The summed E-state index contributed by atoms with van der Waals surface area (Å²) in [6.45, 7) is 5.72. The summed E-state index contributed by atoms with van der Waals surface area (Å²) in [6, 6.07) is 7.74. The van der Waals surface area contributed by atoms with Crippen LogP contribution in [0, 0.1) is 6.92 Å². The number of carboxylic acids is 1. The summed E-state index contributed by atoms with van der Waals surface area (Å²) in [6.07, 6.45) is 2.34. The number of aryl methyl sites for hydroxylation is 1. The van der Waals surface area contributed by atoms with E-state index >= 15 is 0 Å². The van der Waals surface area contributed by atoms with Crippen LogP contribution in [-0.4, -0.2) is 28.1 Å². The molecule has 1 aromatic carbocycles. The van der Waals surface area contributed by atoms with Crippen molar-refractivity contribution in [3.05, 3.63) is 53.2 Å². The Morgan fingerprint density at radius 1 is 1.25 bits per heavy atom. The van der Waals surface area contributed by atoms with Gasteiger partial charge in [-0.2, -0.15) is 0 Å². The molecule has 1 atom stereocenters. The Bertz CT molecular complexity index is 758. The largest absolute Gasteiger partial charge is 0.478 e. The third kappa shape index (κ3) is 4.32. The summed E-state index contributed by atoms with van der Waals surface area (Å²) < 4.78 is 5.61. The summed E-state index contributed by atoms with van der Waals surface area (Å²) in [5.74, 6) is -1.01. The predicted molar refractivity (Wildman–Crippen MR) is 90.7 cm³/mol. The van der Waals surface area contributed by atoms with E-state index in [1.54, 1.807) is 25.1 Å². The third-order valence-electron chi connectivity index (χ3n) is 3.63. The molecule has 1 heterocycles. The van der Waals surface area contributed by atoms with Crippen LogP contribution in [0.4, 0.5) is 5.69 Å². The number of rotatable bonds is 6. The second-order valence-electron chi connectivity index (χ2n) is 5.51. The molecule has 2 rings (SSSR count). The van der Waals surface area contributed by atoms with Crippen LogP contribution in [0.2, 0.25) is 0 Å². The molecule has 0 bridgehead atoms. The van der Waals surface area contributed by atoms with Crippen molar-refractivity contribution in [3.63, 3.8) is 0 Å². The van der Waals surface area contributed by atoms with Crippen LogP contribution < -0.4 is 10.1 Å². The average Bonchev–Trinajstić information content (AvgIpc) is 2.56. The fourth-order valence-electron chi connectivity index (χ4n) is 1.99. The maximum atomic E-state index is 12.4. The van der Waals surface area contributed by atoms with E-state index in [1.165, 1.54) is 18.3 Å². The number of hydrogen-bond acceptors (Lipinski definition) is 4. The Kier molecular flexibility index (Phi) is 5.52.